The Hall–Kier alpha value is -1.16. The number of hydrogen-bond acceptors (Lipinski definition) is 4. The SMILES string of the molecule is COC(c1nc(N)c2c(n1)CCCCC2)C(C)C. The van der Waals surface area contributed by atoms with E-state index in [4.69, 9.17) is 15.5 Å². The molecule has 1 aromatic heterocycles. The van der Waals surface area contributed by atoms with Crippen molar-refractivity contribution in [2.24, 2.45) is 5.92 Å². The van der Waals surface area contributed by atoms with Gasteiger partial charge in [0.1, 0.15) is 11.9 Å². The fraction of sp³-hybridized carbons (Fsp3) is 0.714. The first-order valence-corrected chi connectivity index (χ1v) is 6.81. The number of nitrogens with two attached hydrogens (primary N) is 1. The number of fused-ring (bicyclic) bond motifs is 1. The molecule has 4 heteroatoms. The Bertz CT molecular complexity index is 418. The first-order chi connectivity index (χ1) is 8.63. The van der Waals surface area contributed by atoms with Gasteiger partial charge in [-0.2, -0.15) is 0 Å². The van der Waals surface area contributed by atoms with Crippen LogP contribution in [0.4, 0.5) is 5.82 Å². The number of methoxy groups -OCH3 is 1. The molecule has 0 amide bonds. The van der Waals surface area contributed by atoms with E-state index < -0.39 is 0 Å². The average Bonchev–Trinajstić information content (AvgIpc) is 2.55. The summed E-state index contributed by atoms with van der Waals surface area (Å²) in [6.45, 7) is 4.22. The van der Waals surface area contributed by atoms with Crippen molar-refractivity contribution >= 4 is 5.82 Å². The van der Waals surface area contributed by atoms with Gasteiger partial charge in [-0.05, 0) is 31.6 Å². The summed E-state index contributed by atoms with van der Waals surface area (Å²) in [7, 11) is 1.70. The molecule has 0 saturated carbocycles. The highest BCUT2D eigenvalue weighted by atomic mass is 16.5. The fourth-order valence-corrected chi connectivity index (χ4v) is 2.62. The molecule has 100 valence electrons. The van der Waals surface area contributed by atoms with Crippen molar-refractivity contribution in [2.75, 3.05) is 12.8 Å². The Balaban J connectivity index is 2.39. The lowest BCUT2D eigenvalue weighted by Crippen LogP contribution is -2.16. The van der Waals surface area contributed by atoms with Gasteiger partial charge < -0.3 is 10.5 Å². The van der Waals surface area contributed by atoms with Crippen molar-refractivity contribution in [1.29, 1.82) is 0 Å². The number of nitrogen functional groups attached to an aromatic ring is 1. The topological polar surface area (TPSA) is 61.0 Å². The molecule has 1 heterocycles. The Morgan fingerprint density at radius 1 is 1.11 bits per heavy atom. The number of ether oxygens (including phenoxy) is 1. The molecular formula is C14H23N3O. The van der Waals surface area contributed by atoms with Gasteiger partial charge in [0.2, 0.25) is 0 Å². The Morgan fingerprint density at radius 2 is 1.83 bits per heavy atom. The predicted octanol–water partition coefficient (Wildman–Crippen LogP) is 2.67. The van der Waals surface area contributed by atoms with Crippen LogP contribution < -0.4 is 5.73 Å². The van der Waals surface area contributed by atoms with Crippen LogP contribution in [0.1, 0.15) is 56.3 Å². The van der Waals surface area contributed by atoms with E-state index in [0.717, 1.165) is 29.9 Å². The number of aromatic nitrogens is 2. The zero-order valence-electron chi connectivity index (χ0n) is 11.6. The molecule has 2 rings (SSSR count). The van der Waals surface area contributed by atoms with Gasteiger partial charge in [-0.25, -0.2) is 9.97 Å². The summed E-state index contributed by atoms with van der Waals surface area (Å²) in [5, 5.41) is 0. The molecule has 0 bridgehead atoms. The number of aryl methyl sites for hydroxylation is 1. The average molecular weight is 249 g/mol. The second kappa shape index (κ2) is 5.65. The normalized spacial score (nSPS) is 17.3. The van der Waals surface area contributed by atoms with Crippen molar-refractivity contribution in [1.82, 2.24) is 9.97 Å². The summed E-state index contributed by atoms with van der Waals surface area (Å²) >= 11 is 0. The molecule has 4 nitrogen and oxygen atoms in total. The van der Waals surface area contributed by atoms with E-state index in [1.54, 1.807) is 7.11 Å². The van der Waals surface area contributed by atoms with Crippen LogP contribution in [0.15, 0.2) is 0 Å². The summed E-state index contributed by atoms with van der Waals surface area (Å²) in [6, 6.07) is 0. The molecule has 0 saturated heterocycles. The van der Waals surface area contributed by atoms with Gasteiger partial charge in [-0.3, -0.25) is 0 Å². The molecule has 0 spiro atoms. The summed E-state index contributed by atoms with van der Waals surface area (Å²) in [4.78, 5) is 9.17. The lowest BCUT2D eigenvalue weighted by atomic mass is 10.0. The van der Waals surface area contributed by atoms with Gasteiger partial charge in [0.25, 0.3) is 0 Å². The summed E-state index contributed by atoms with van der Waals surface area (Å²) in [6.07, 6.45) is 5.61. The minimum absolute atomic E-state index is 0.0687. The Kier molecular flexibility index (Phi) is 4.17. The summed E-state index contributed by atoms with van der Waals surface area (Å²) in [5.41, 5.74) is 8.40. The molecule has 0 aromatic carbocycles. The molecule has 18 heavy (non-hydrogen) atoms. The van der Waals surface area contributed by atoms with Crippen LogP contribution in [0.2, 0.25) is 0 Å². The molecule has 1 aliphatic carbocycles. The fourth-order valence-electron chi connectivity index (χ4n) is 2.62. The van der Waals surface area contributed by atoms with Gasteiger partial charge in [-0.1, -0.05) is 20.3 Å². The predicted molar refractivity (Wildman–Crippen MR) is 72.3 cm³/mol. The third-order valence-corrected chi connectivity index (χ3v) is 3.60. The van der Waals surface area contributed by atoms with E-state index >= 15 is 0 Å². The van der Waals surface area contributed by atoms with Crippen molar-refractivity contribution in [3.8, 4) is 0 Å². The van der Waals surface area contributed by atoms with E-state index in [1.807, 2.05) is 0 Å². The zero-order chi connectivity index (χ0) is 13.1. The van der Waals surface area contributed by atoms with E-state index in [2.05, 4.69) is 18.8 Å². The second-order valence-corrected chi connectivity index (χ2v) is 5.35. The van der Waals surface area contributed by atoms with E-state index in [9.17, 15) is 0 Å². The number of anilines is 1. The highest BCUT2D eigenvalue weighted by molar-refractivity contribution is 5.43. The lowest BCUT2D eigenvalue weighted by Gasteiger charge is -2.20. The molecule has 0 aliphatic heterocycles. The van der Waals surface area contributed by atoms with Crippen molar-refractivity contribution in [3.63, 3.8) is 0 Å². The summed E-state index contributed by atoms with van der Waals surface area (Å²) in [5.74, 6) is 1.74. The Labute approximate surface area is 109 Å². The van der Waals surface area contributed by atoms with Crippen LogP contribution in [0.5, 0.6) is 0 Å². The maximum atomic E-state index is 6.10. The van der Waals surface area contributed by atoms with Crippen LogP contribution in [-0.4, -0.2) is 17.1 Å². The molecule has 1 atom stereocenters. The zero-order valence-corrected chi connectivity index (χ0v) is 11.6. The minimum Gasteiger partial charge on any atom is -0.383 e. The number of rotatable bonds is 3. The monoisotopic (exact) mass is 249 g/mol. The maximum Gasteiger partial charge on any atom is 0.159 e. The molecule has 0 radical (unpaired) electrons. The molecule has 0 fully saturated rings. The van der Waals surface area contributed by atoms with Crippen molar-refractivity contribution < 1.29 is 4.74 Å². The van der Waals surface area contributed by atoms with E-state index in [-0.39, 0.29) is 6.10 Å². The first kappa shape index (κ1) is 13.3. The summed E-state index contributed by atoms with van der Waals surface area (Å²) < 4.78 is 5.49. The van der Waals surface area contributed by atoms with Gasteiger partial charge in [-0.15, -0.1) is 0 Å². The largest absolute Gasteiger partial charge is 0.383 e. The van der Waals surface area contributed by atoms with E-state index in [1.165, 1.54) is 19.3 Å². The van der Waals surface area contributed by atoms with Gasteiger partial charge in [0, 0.05) is 18.4 Å². The second-order valence-electron chi connectivity index (χ2n) is 5.35. The van der Waals surface area contributed by atoms with Gasteiger partial charge in [0.05, 0.1) is 0 Å². The lowest BCUT2D eigenvalue weighted by molar-refractivity contribution is 0.0574. The van der Waals surface area contributed by atoms with Crippen LogP contribution in [0, 0.1) is 5.92 Å². The molecule has 1 aromatic rings. The molecular weight excluding hydrogens is 226 g/mol. The Morgan fingerprint density at radius 3 is 2.50 bits per heavy atom. The number of hydrogen-bond donors (Lipinski definition) is 1. The minimum atomic E-state index is -0.0687. The third kappa shape index (κ3) is 2.64. The standard InChI is InChI=1S/C14H23N3O/c1-9(2)12(18-3)14-16-11-8-6-4-5-7-10(11)13(15)17-14/h9,12H,4-8H2,1-3H3,(H2,15,16,17). The van der Waals surface area contributed by atoms with Crippen LogP contribution in [0.25, 0.3) is 0 Å². The van der Waals surface area contributed by atoms with Crippen molar-refractivity contribution in [3.05, 3.63) is 17.1 Å². The first-order valence-electron chi connectivity index (χ1n) is 6.81. The third-order valence-electron chi connectivity index (χ3n) is 3.60. The highest BCUT2D eigenvalue weighted by Crippen LogP contribution is 2.28. The maximum absolute atomic E-state index is 6.10. The molecule has 1 unspecified atom stereocenters. The smallest absolute Gasteiger partial charge is 0.159 e. The van der Waals surface area contributed by atoms with E-state index in [0.29, 0.717) is 11.7 Å². The van der Waals surface area contributed by atoms with Crippen LogP contribution >= 0.6 is 0 Å². The van der Waals surface area contributed by atoms with Gasteiger partial charge >= 0.3 is 0 Å². The molecule has 2 N–H and O–H groups in total. The quantitative estimate of drug-likeness (QED) is 0.837. The number of nitrogens with zero attached hydrogens (tertiary/aromatic N) is 2. The van der Waals surface area contributed by atoms with Crippen molar-refractivity contribution in [2.45, 2.75) is 52.1 Å². The van der Waals surface area contributed by atoms with Crippen LogP contribution in [-0.2, 0) is 17.6 Å². The molecule has 1 aliphatic rings. The highest BCUT2D eigenvalue weighted by Gasteiger charge is 2.22. The van der Waals surface area contributed by atoms with Crippen LogP contribution in [0.3, 0.4) is 0 Å². The van der Waals surface area contributed by atoms with Gasteiger partial charge in [0.15, 0.2) is 5.82 Å².